The van der Waals surface area contributed by atoms with E-state index >= 15 is 0 Å². The zero-order chi connectivity index (χ0) is 24.2. The molecule has 0 fully saturated rings. The van der Waals surface area contributed by atoms with Gasteiger partial charge in [-0.25, -0.2) is 0 Å². The first kappa shape index (κ1) is 23.4. The van der Waals surface area contributed by atoms with Crippen molar-refractivity contribution in [3.05, 3.63) is 76.0 Å². The van der Waals surface area contributed by atoms with E-state index in [4.69, 9.17) is 9.47 Å². The second-order valence-electron chi connectivity index (χ2n) is 8.60. The van der Waals surface area contributed by atoms with Gasteiger partial charge >= 0.3 is 0 Å². The molecule has 1 aliphatic heterocycles. The summed E-state index contributed by atoms with van der Waals surface area (Å²) in [5.74, 6) is 1.85. The molecular formula is C27H30N4O3. The van der Waals surface area contributed by atoms with Crippen molar-refractivity contribution >= 4 is 11.7 Å². The summed E-state index contributed by atoms with van der Waals surface area (Å²) in [6.45, 7) is 6.16. The molecule has 34 heavy (non-hydrogen) atoms. The van der Waals surface area contributed by atoms with Crippen molar-refractivity contribution in [1.29, 1.82) is 5.26 Å². The maximum absolute atomic E-state index is 13.1. The van der Waals surface area contributed by atoms with E-state index in [0.29, 0.717) is 30.2 Å². The molecule has 1 amide bonds. The zero-order valence-corrected chi connectivity index (χ0v) is 20.1. The molecule has 4 rings (SSSR count). The Labute approximate surface area is 200 Å². The number of aromatic nitrogens is 1. The van der Waals surface area contributed by atoms with Crippen molar-refractivity contribution in [2.45, 2.75) is 33.4 Å². The molecule has 1 N–H and O–H groups in total. The van der Waals surface area contributed by atoms with Crippen LogP contribution in [0.15, 0.2) is 42.5 Å². The lowest BCUT2D eigenvalue weighted by molar-refractivity contribution is -0.117. The highest BCUT2D eigenvalue weighted by Gasteiger charge is 2.24. The average Bonchev–Trinajstić information content (AvgIpc) is 3.07. The molecule has 0 saturated carbocycles. The third-order valence-corrected chi connectivity index (χ3v) is 6.55. The van der Waals surface area contributed by atoms with Gasteiger partial charge in [0.2, 0.25) is 5.91 Å². The van der Waals surface area contributed by atoms with E-state index in [2.05, 4.69) is 16.3 Å². The van der Waals surface area contributed by atoms with Crippen LogP contribution in [0.3, 0.4) is 0 Å². The predicted octanol–water partition coefficient (Wildman–Crippen LogP) is 4.04. The standard InChI is InChI=1S/C27H30N4O3/c1-18-19(2)31(15-20-8-6-5-7-9-20)27(23(18)14-28)29-26(32)17-30-11-10-21-12-24(33-3)25(34-4)13-22(21)16-30/h5-9,12-13H,10-11,15-17H2,1-4H3,(H,29,32). The second-order valence-corrected chi connectivity index (χ2v) is 8.60. The summed E-state index contributed by atoms with van der Waals surface area (Å²) < 4.78 is 12.9. The summed E-state index contributed by atoms with van der Waals surface area (Å²) in [6.07, 6.45) is 0.828. The Morgan fingerprint density at radius 1 is 1.09 bits per heavy atom. The summed E-state index contributed by atoms with van der Waals surface area (Å²) in [5.41, 5.74) is 5.84. The van der Waals surface area contributed by atoms with Crippen molar-refractivity contribution in [3.63, 3.8) is 0 Å². The molecule has 7 heteroatoms. The third-order valence-electron chi connectivity index (χ3n) is 6.55. The van der Waals surface area contributed by atoms with Crippen LogP contribution in [-0.2, 0) is 24.3 Å². The van der Waals surface area contributed by atoms with Crippen molar-refractivity contribution < 1.29 is 14.3 Å². The van der Waals surface area contributed by atoms with Crippen LogP contribution in [0.5, 0.6) is 11.5 Å². The first-order valence-electron chi connectivity index (χ1n) is 11.3. The van der Waals surface area contributed by atoms with Crippen LogP contribution in [0.1, 0.15) is 33.5 Å². The van der Waals surface area contributed by atoms with E-state index in [1.165, 1.54) is 5.56 Å². The minimum absolute atomic E-state index is 0.132. The molecule has 0 unspecified atom stereocenters. The van der Waals surface area contributed by atoms with E-state index in [-0.39, 0.29) is 12.5 Å². The molecule has 0 aliphatic carbocycles. The number of anilines is 1. The number of fused-ring (bicyclic) bond motifs is 1. The van der Waals surface area contributed by atoms with E-state index in [1.807, 2.05) is 60.9 Å². The number of ether oxygens (including phenoxy) is 2. The molecule has 2 heterocycles. The minimum atomic E-state index is -0.132. The topological polar surface area (TPSA) is 79.5 Å². The lowest BCUT2D eigenvalue weighted by Crippen LogP contribution is -2.37. The fourth-order valence-electron chi connectivity index (χ4n) is 4.55. The number of nitrogens with zero attached hydrogens (tertiary/aromatic N) is 3. The zero-order valence-electron chi connectivity index (χ0n) is 20.1. The molecule has 7 nitrogen and oxygen atoms in total. The quantitative estimate of drug-likeness (QED) is 0.578. The Kier molecular flexibility index (Phi) is 6.90. The molecule has 0 bridgehead atoms. The van der Waals surface area contributed by atoms with Gasteiger partial charge in [0, 0.05) is 25.3 Å². The number of hydrogen-bond acceptors (Lipinski definition) is 5. The molecular weight excluding hydrogens is 428 g/mol. The molecule has 1 aromatic heterocycles. The van der Waals surface area contributed by atoms with Crippen molar-refractivity contribution in [3.8, 4) is 17.6 Å². The Morgan fingerprint density at radius 3 is 2.41 bits per heavy atom. The summed E-state index contributed by atoms with van der Waals surface area (Å²) in [5, 5.41) is 12.8. The fraction of sp³-hybridized carbons (Fsp3) is 0.333. The number of amides is 1. The predicted molar refractivity (Wildman–Crippen MR) is 131 cm³/mol. The third kappa shape index (κ3) is 4.63. The van der Waals surface area contributed by atoms with E-state index in [9.17, 15) is 10.1 Å². The first-order chi connectivity index (χ1) is 16.4. The molecule has 0 saturated heterocycles. The second kappa shape index (κ2) is 10.0. The van der Waals surface area contributed by atoms with Crippen LogP contribution in [0.2, 0.25) is 0 Å². The summed E-state index contributed by atoms with van der Waals surface area (Å²) in [4.78, 5) is 15.2. The number of nitriles is 1. The first-order valence-corrected chi connectivity index (χ1v) is 11.3. The van der Waals surface area contributed by atoms with Gasteiger partial charge in [0.15, 0.2) is 11.5 Å². The van der Waals surface area contributed by atoms with Gasteiger partial charge in [-0.3, -0.25) is 9.69 Å². The lowest BCUT2D eigenvalue weighted by atomic mass is 9.99. The van der Waals surface area contributed by atoms with Gasteiger partial charge in [-0.05, 0) is 54.7 Å². The van der Waals surface area contributed by atoms with Gasteiger partial charge < -0.3 is 19.4 Å². The number of benzene rings is 2. The Balaban J connectivity index is 1.51. The van der Waals surface area contributed by atoms with Crippen molar-refractivity contribution in [1.82, 2.24) is 9.47 Å². The molecule has 2 aromatic carbocycles. The van der Waals surface area contributed by atoms with Crippen molar-refractivity contribution in [2.75, 3.05) is 32.6 Å². The van der Waals surface area contributed by atoms with Crippen molar-refractivity contribution in [2.24, 2.45) is 0 Å². The van der Waals surface area contributed by atoms with Gasteiger partial charge in [0.25, 0.3) is 0 Å². The molecule has 0 radical (unpaired) electrons. The Bertz CT molecular complexity index is 1240. The monoisotopic (exact) mass is 458 g/mol. The SMILES string of the molecule is COc1cc2c(cc1OC)CN(CC(=O)Nc1c(C#N)c(C)c(C)n1Cc1ccccc1)CC2. The molecule has 1 aliphatic rings. The number of nitrogens with one attached hydrogen (secondary N) is 1. The number of carbonyl (C=O) groups is 1. The number of rotatable bonds is 7. The van der Waals surface area contributed by atoms with E-state index in [0.717, 1.165) is 41.1 Å². The largest absolute Gasteiger partial charge is 0.493 e. The highest BCUT2D eigenvalue weighted by atomic mass is 16.5. The maximum atomic E-state index is 13.1. The summed E-state index contributed by atoms with van der Waals surface area (Å²) in [6, 6.07) is 16.3. The average molecular weight is 459 g/mol. The van der Waals surface area contributed by atoms with Crippen LogP contribution in [0.4, 0.5) is 5.82 Å². The molecule has 3 aromatic rings. The molecule has 0 atom stereocenters. The van der Waals surface area contributed by atoms with E-state index in [1.54, 1.807) is 14.2 Å². The smallest absolute Gasteiger partial charge is 0.239 e. The number of methoxy groups -OCH3 is 2. The molecule has 176 valence electrons. The van der Waals surface area contributed by atoms with Crippen LogP contribution in [-0.4, -0.2) is 42.7 Å². The van der Waals surface area contributed by atoms with Gasteiger partial charge in [0.1, 0.15) is 11.9 Å². The van der Waals surface area contributed by atoms with Crippen LogP contribution in [0.25, 0.3) is 0 Å². The van der Waals surface area contributed by atoms with Gasteiger partial charge in [-0.15, -0.1) is 0 Å². The van der Waals surface area contributed by atoms with Gasteiger partial charge in [-0.1, -0.05) is 30.3 Å². The maximum Gasteiger partial charge on any atom is 0.239 e. The number of hydrogen-bond donors (Lipinski definition) is 1. The van der Waals surface area contributed by atoms with Crippen LogP contribution < -0.4 is 14.8 Å². The fourth-order valence-corrected chi connectivity index (χ4v) is 4.55. The summed E-state index contributed by atoms with van der Waals surface area (Å²) in [7, 11) is 3.26. The van der Waals surface area contributed by atoms with Gasteiger partial charge in [-0.2, -0.15) is 5.26 Å². The highest BCUT2D eigenvalue weighted by Crippen LogP contribution is 2.33. The molecule has 0 spiro atoms. The number of carbonyl (C=O) groups excluding carboxylic acids is 1. The Hall–Kier alpha value is -3.76. The van der Waals surface area contributed by atoms with Crippen LogP contribution >= 0.6 is 0 Å². The minimum Gasteiger partial charge on any atom is -0.493 e. The van der Waals surface area contributed by atoms with Crippen LogP contribution in [0, 0.1) is 25.2 Å². The Morgan fingerprint density at radius 2 is 1.76 bits per heavy atom. The van der Waals surface area contributed by atoms with E-state index < -0.39 is 0 Å². The van der Waals surface area contributed by atoms with Gasteiger partial charge in [0.05, 0.1) is 26.3 Å². The summed E-state index contributed by atoms with van der Waals surface area (Å²) >= 11 is 0. The highest BCUT2D eigenvalue weighted by molar-refractivity contribution is 5.93. The lowest BCUT2D eigenvalue weighted by Gasteiger charge is -2.29. The normalized spacial score (nSPS) is 13.1.